The number of pyridine rings is 4. The molecule has 4 aliphatic heterocycles. The number of methoxy groups -OCH3 is 2. The molecule has 772 valence electrons. The Labute approximate surface area is 825 Å². The first-order valence-corrected chi connectivity index (χ1v) is 47.2. The maximum absolute atomic E-state index is 14.2. The second-order valence-corrected chi connectivity index (χ2v) is 39.7. The van der Waals surface area contributed by atoms with Gasteiger partial charge in [-0.2, -0.15) is 17.0 Å². The zero-order valence-electron chi connectivity index (χ0n) is 80.0. The number of rotatable bonds is 19. The van der Waals surface area contributed by atoms with E-state index in [4.69, 9.17) is 24.9 Å². The highest BCUT2D eigenvalue weighted by molar-refractivity contribution is 8.19. The monoisotopic (exact) mass is 2040 g/mol. The van der Waals surface area contributed by atoms with Crippen LogP contribution >= 0.6 is 22.3 Å². The number of urea groups is 4. The molecule has 0 aliphatic carbocycles. The number of benzene rings is 4. The van der Waals surface area contributed by atoms with Gasteiger partial charge in [0.25, 0.3) is 10.2 Å². The van der Waals surface area contributed by atoms with Gasteiger partial charge in [0.1, 0.15) is 43.4 Å². The molecule has 0 saturated carbocycles. The Balaban J connectivity index is 0.000000457. The molecule has 0 bridgehead atoms. The number of amides is 11. The zero-order chi connectivity index (χ0) is 100. The number of aromatic nitrogens is 4. The van der Waals surface area contributed by atoms with E-state index in [0.29, 0.717) is 182 Å². The van der Waals surface area contributed by atoms with Gasteiger partial charge in [-0.3, -0.25) is 48.9 Å². The van der Waals surface area contributed by atoms with E-state index >= 15 is 0 Å². The topological polar surface area (TPSA) is 405 Å². The van der Waals surface area contributed by atoms with Crippen molar-refractivity contribution in [2.24, 2.45) is 0 Å². The van der Waals surface area contributed by atoms with Gasteiger partial charge in [0.15, 0.2) is 0 Å². The molecular formula is C93H132Cl2F6N22O15S2. The van der Waals surface area contributed by atoms with E-state index in [0.717, 1.165) is 39.5 Å². The first kappa shape index (κ1) is 122. The lowest BCUT2D eigenvalue weighted by Crippen LogP contribution is -2.51. The summed E-state index contributed by atoms with van der Waals surface area (Å²) >= 11 is 4.60. The third-order valence-corrected chi connectivity index (χ3v) is 23.9. The van der Waals surface area contributed by atoms with E-state index in [-0.39, 0.29) is 42.5 Å². The quantitative estimate of drug-likeness (QED) is 0.0161. The second kappa shape index (κ2) is 58.0. The normalized spacial score (nSPS) is 14.4. The Morgan fingerprint density at radius 1 is 0.371 bits per heavy atom. The van der Waals surface area contributed by atoms with Gasteiger partial charge in [-0.15, -0.1) is 0 Å². The number of nitrogens with one attached hydrogen (secondary N) is 8. The molecule has 8 N–H and O–H groups in total. The Hall–Kier alpha value is -12.3. The van der Waals surface area contributed by atoms with Crippen LogP contribution in [0.4, 0.5) is 111 Å². The number of carbonyl (C=O) groups is 8. The van der Waals surface area contributed by atoms with Crippen LogP contribution in [-0.2, 0) is 64.3 Å². The maximum atomic E-state index is 14.2. The molecule has 4 saturated heterocycles. The Morgan fingerprint density at radius 3 is 0.771 bits per heavy atom. The predicted octanol–water partition coefficient (Wildman–Crippen LogP) is 16.5. The molecule has 4 aromatic carbocycles. The summed E-state index contributed by atoms with van der Waals surface area (Å²) in [6, 6.07) is 30.0. The summed E-state index contributed by atoms with van der Waals surface area (Å²) in [7, 11) is 8.17. The largest absolute Gasteiger partial charge is 0.457 e. The third kappa shape index (κ3) is 45.3. The molecule has 11 amide bonds. The fourth-order valence-electron chi connectivity index (χ4n) is 13.0. The van der Waals surface area contributed by atoms with Crippen molar-refractivity contribution in [3.8, 4) is 0 Å². The fourth-order valence-corrected chi connectivity index (χ4v) is 14.1. The maximum Gasteiger partial charge on any atom is 0.410 e. The first-order chi connectivity index (χ1) is 63.9. The van der Waals surface area contributed by atoms with Crippen LogP contribution in [0.3, 0.4) is 0 Å². The van der Waals surface area contributed by atoms with Crippen LogP contribution in [0, 0.1) is 51.0 Å². The molecule has 37 nitrogen and oxygen atoms in total. The molecule has 4 aliphatic rings. The highest BCUT2D eigenvalue weighted by Gasteiger charge is 2.32. The van der Waals surface area contributed by atoms with Crippen molar-refractivity contribution in [3.05, 3.63) is 214 Å². The number of piperazine rings is 4. The highest BCUT2D eigenvalue weighted by Crippen LogP contribution is 2.26. The van der Waals surface area contributed by atoms with Gasteiger partial charge in [-0.05, 0) is 243 Å². The van der Waals surface area contributed by atoms with E-state index in [1.54, 1.807) is 126 Å². The van der Waals surface area contributed by atoms with Gasteiger partial charge in [0, 0.05) is 202 Å². The van der Waals surface area contributed by atoms with Crippen molar-refractivity contribution in [1.82, 2.24) is 67.2 Å². The lowest BCUT2D eigenvalue weighted by Gasteiger charge is -2.35. The smallest absolute Gasteiger partial charge is 0.410 e. The van der Waals surface area contributed by atoms with Gasteiger partial charge in [-0.25, -0.2) is 64.4 Å². The van der Waals surface area contributed by atoms with E-state index in [9.17, 15) is 68.5 Å². The summed E-state index contributed by atoms with van der Waals surface area (Å²) in [6.45, 7) is 29.5. The van der Waals surface area contributed by atoms with Crippen molar-refractivity contribution in [2.75, 3.05) is 190 Å². The number of nitrogens with zero attached hydrogens (tertiary/aromatic N) is 14. The number of anilines is 8. The summed E-state index contributed by atoms with van der Waals surface area (Å²) in [5, 5.41) is 21.3. The second-order valence-electron chi connectivity index (χ2n) is 34.0. The van der Waals surface area contributed by atoms with Gasteiger partial charge in [0.2, 0.25) is 0 Å². The average molecular weight is 2050 g/mol. The lowest BCUT2D eigenvalue weighted by atomic mass is 10.1. The SMILES string of the molecule is C.C.C=S(=O)(Cl)N(C)C.COC(=O)Cl.COC(=O)N1CCN(Cc2cc(F)cc(NC(=O)Nc3ccc(C)nc3)c2)CC1.Cc1ccc(NC(=O)Nc2cc(F)cc(CN3CCN(C(=O)OC(C)(C)C)CC3)c2)cn1.Cc1ccc(NC(=O)Nc2cc(F)cc(CN3CCN(C(=O)OC(C)(C)C)CC3)c2)cn1.Cc1ccc(NC(=O)Nc2cc(F)cc(CN3CCN(S(=O)(=O)N(C)C)CC3)c2)cn1.F.F. The van der Waals surface area contributed by atoms with Gasteiger partial charge < -0.3 is 76.2 Å². The van der Waals surface area contributed by atoms with Crippen LogP contribution in [-0.4, -0.2) is 292 Å². The van der Waals surface area contributed by atoms with Crippen molar-refractivity contribution < 1.29 is 96.9 Å². The lowest BCUT2D eigenvalue weighted by molar-refractivity contribution is 0.0129. The van der Waals surface area contributed by atoms with Gasteiger partial charge in [0.05, 0.1) is 61.8 Å². The Morgan fingerprint density at radius 2 is 0.586 bits per heavy atom. The van der Waals surface area contributed by atoms with Crippen LogP contribution in [0.15, 0.2) is 146 Å². The van der Waals surface area contributed by atoms with Crippen molar-refractivity contribution in [2.45, 2.75) is 121 Å². The standard InChI is InChI=1S/2C23H30FN5O3.C20H27FN6O3S.C20H24FN5O3.C3H8ClNOS.C2H3ClO2.2CH4.2FH/c2*1-16-5-6-19(14-25-16)26-21(30)27-20-12-17(11-18(24)13-20)15-28-7-9-29(10-8-28)22(31)32-23(2,3)4;1-15-4-5-18(13-22-15)23-20(28)24-19-11-16(10-17(21)12-19)14-26-6-8-27(9-7-26)31(29,30)25(2)3;1-14-3-4-17(12-22-14)23-19(27)24-18-10-15(9-16(21)11-18)13-25-5-7-26(8-6-25)20(28)29-2;1-5(2)7(3,4)6;1-5-2(3)4;;;;/h2*5-6,11-14H,7-10,15H2,1-4H3,(H2,26,27,30);4-5,10-13H,6-9,14H2,1-3H3,(H2,23,24,28);3-4,9-12H,5-8,13H2,1-2H3,(H2,23,24,27);3H2,1-2H3;1H3;2*1H4;2*1H. The molecular weight excluding hydrogens is 1910 g/mol. The van der Waals surface area contributed by atoms with E-state index < -0.39 is 83.2 Å². The zero-order valence-corrected chi connectivity index (χ0v) is 83.1. The van der Waals surface area contributed by atoms with Gasteiger partial charge >= 0.3 is 47.8 Å². The van der Waals surface area contributed by atoms with E-state index in [2.05, 4.69) is 104 Å². The number of halogens is 8. The summed E-state index contributed by atoms with van der Waals surface area (Å²) in [5.41, 5.74) is 8.06. The molecule has 1 atom stereocenters. The first-order valence-electron chi connectivity index (χ1n) is 43.0. The Bertz CT molecular complexity index is 5390. The molecule has 8 aromatic rings. The minimum atomic E-state index is -3.43. The fraction of sp³-hybridized carbons (Fsp3) is 0.430. The molecule has 140 heavy (non-hydrogen) atoms. The summed E-state index contributed by atoms with van der Waals surface area (Å²) in [4.78, 5) is 124. The van der Waals surface area contributed by atoms with Crippen molar-refractivity contribution in [3.63, 3.8) is 0 Å². The molecule has 8 heterocycles. The number of hydrogen-bond acceptors (Lipinski definition) is 23. The van der Waals surface area contributed by atoms with Crippen molar-refractivity contribution >= 4 is 141 Å². The molecule has 1 unspecified atom stereocenters. The minimum absolute atomic E-state index is 0. The molecule has 0 spiro atoms. The van der Waals surface area contributed by atoms with Crippen molar-refractivity contribution in [1.29, 1.82) is 0 Å². The molecule has 12 rings (SSSR count). The van der Waals surface area contributed by atoms with Crippen LogP contribution in [0.1, 0.15) is 101 Å². The number of carbonyl (C=O) groups excluding carboxylic acids is 8. The number of ether oxygens (including phenoxy) is 4. The summed E-state index contributed by atoms with van der Waals surface area (Å²) in [6.07, 6.45) is 5.25. The molecule has 4 fully saturated rings. The molecule has 47 heteroatoms. The predicted molar refractivity (Wildman–Crippen MR) is 538 cm³/mol. The summed E-state index contributed by atoms with van der Waals surface area (Å²) < 4.78 is 115. The number of hydrogen-bond donors (Lipinski definition) is 8. The van der Waals surface area contributed by atoms with Crippen LogP contribution in [0.5, 0.6) is 0 Å². The third-order valence-electron chi connectivity index (χ3n) is 19.8. The van der Waals surface area contributed by atoms with Crippen LogP contribution < -0.4 is 42.5 Å². The minimum Gasteiger partial charge on any atom is -0.457 e. The van der Waals surface area contributed by atoms with E-state index in [1.807, 2.05) is 69.2 Å². The molecule has 4 aromatic heterocycles. The highest BCUT2D eigenvalue weighted by atomic mass is 35.7. The van der Waals surface area contributed by atoms with Crippen LogP contribution in [0.25, 0.3) is 0 Å². The average Bonchev–Trinajstić information content (AvgIpc) is 0.817. The van der Waals surface area contributed by atoms with Gasteiger partial charge in [-0.1, -0.05) is 14.9 Å². The summed E-state index contributed by atoms with van der Waals surface area (Å²) in [5.74, 6) is 1.44. The Kier molecular flexibility index (Phi) is 50.5. The van der Waals surface area contributed by atoms with E-state index in [1.165, 1.54) is 89.8 Å². The molecule has 0 radical (unpaired) electrons. The number of aryl methyl sites for hydroxylation is 4. The van der Waals surface area contributed by atoms with Crippen LogP contribution in [0.2, 0.25) is 0 Å².